The molecule has 0 radical (unpaired) electrons. The van der Waals surface area contributed by atoms with Gasteiger partial charge in [-0.25, -0.2) is 8.42 Å². The summed E-state index contributed by atoms with van der Waals surface area (Å²) in [5.41, 5.74) is 0.220. The van der Waals surface area contributed by atoms with Crippen molar-refractivity contribution in [3.63, 3.8) is 0 Å². The van der Waals surface area contributed by atoms with Crippen molar-refractivity contribution in [2.75, 3.05) is 44.2 Å². The Labute approximate surface area is 202 Å². The highest BCUT2D eigenvalue weighted by atomic mass is 32.2. The number of nitro benzene ring substituents is 1. The maximum Gasteiger partial charge on any atom is 0.293 e. The Balaban J connectivity index is 1.44. The predicted molar refractivity (Wildman–Crippen MR) is 130 cm³/mol. The number of carbonyl (C=O) groups excluding carboxylic acids is 1. The van der Waals surface area contributed by atoms with E-state index in [9.17, 15) is 23.3 Å². The topological polar surface area (TPSA) is 104 Å². The molecule has 0 aromatic heterocycles. The van der Waals surface area contributed by atoms with Gasteiger partial charge in [0.05, 0.1) is 9.82 Å². The maximum absolute atomic E-state index is 13.1. The second-order valence-electron chi connectivity index (χ2n) is 9.80. The summed E-state index contributed by atoms with van der Waals surface area (Å²) in [5.74, 6) is 0.666. The average molecular weight is 493 g/mol. The van der Waals surface area contributed by atoms with Crippen LogP contribution < -0.4 is 4.90 Å². The molecule has 34 heavy (non-hydrogen) atoms. The molecule has 1 saturated carbocycles. The van der Waals surface area contributed by atoms with Crippen LogP contribution in [0.1, 0.15) is 64.2 Å². The molecule has 2 aliphatic heterocycles. The number of nitro groups is 1. The van der Waals surface area contributed by atoms with Gasteiger partial charge in [0.1, 0.15) is 5.69 Å². The molecule has 0 spiro atoms. The van der Waals surface area contributed by atoms with E-state index in [-0.39, 0.29) is 16.5 Å². The molecule has 9 nitrogen and oxygen atoms in total. The number of carbonyl (C=O) groups is 1. The lowest BCUT2D eigenvalue weighted by atomic mass is 9.86. The van der Waals surface area contributed by atoms with Gasteiger partial charge in [-0.3, -0.25) is 14.9 Å². The van der Waals surface area contributed by atoms with Gasteiger partial charge in [0.2, 0.25) is 15.9 Å². The third-order valence-electron chi connectivity index (χ3n) is 7.51. The van der Waals surface area contributed by atoms with Crippen LogP contribution in [0.25, 0.3) is 0 Å². The zero-order chi connectivity index (χ0) is 24.1. The molecule has 2 heterocycles. The molecule has 10 heteroatoms. The molecule has 188 valence electrons. The van der Waals surface area contributed by atoms with E-state index in [1.807, 2.05) is 9.80 Å². The number of hydrogen-bond donors (Lipinski definition) is 0. The van der Waals surface area contributed by atoms with Crippen LogP contribution >= 0.6 is 0 Å². The molecule has 1 aliphatic carbocycles. The highest BCUT2D eigenvalue weighted by Gasteiger charge is 2.31. The third-order valence-corrected chi connectivity index (χ3v) is 9.40. The average Bonchev–Trinajstić information content (AvgIpc) is 3.15. The molecule has 1 amide bonds. The number of sulfonamides is 1. The monoisotopic (exact) mass is 492 g/mol. The minimum Gasteiger partial charge on any atom is -0.362 e. The SMILES string of the molecule is O=C(CC1CCCCC1)N1CCN(c2ccc(S(=O)(=O)N3CCCCCC3)cc2[N+](=O)[O-])CC1. The van der Waals surface area contributed by atoms with Crippen molar-refractivity contribution in [1.82, 2.24) is 9.21 Å². The minimum absolute atomic E-state index is 0.0221. The molecule has 3 fully saturated rings. The number of hydrogen-bond acceptors (Lipinski definition) is 6. The fourth-order valence-electron chi connectivity index (χ4n) is 5.47. The van der Waals surface area contributed by atoms with Crippen LogP contribution in [0.5, 0.6) is 0 Å². The first-order valence-electron chi connectivity index (χ1n) is 12.7. The van der Waals surface area contributed by atoms with Crippen molar-refractivity contribution in [1.29, 1.82) is 0 Å². The highest BCUT2D eigenvalue weighted by Crippen LogP contribution is 2.33. The minimum atomic E-state index is -3.77. The van der Waals surface area contributed by atoms with Crippen molar-refractivity contribution in [3.8, 4) is 0 Å². The van der Waals surface area contributed by atoms with Crippen LogP contribution in [-0.2, 0) is 14.8 Å². The van der Waals surface area contributed by atoms with Crippen LogP contribution in [0, 0.1) is 16.0 Å². The number of nitrogens with zero attached hydrogens (tertiary/aromatic N) is 4. The first kappa shape index (κ1) is 24.9. The third kappa shape index (κ3) is 5.71. The Morgan fingerprint density at radius 3 is 2.15 bits per heavy atom. The summed E-state index contributed by atoms with van der Waals surface area (Å²) < 4.78 is 27.7. The zero-order valence-electron chi connectivity index (χ0n) is 19.9. The Kier molecular flexibility index (Phi) is 8.08. The van der Waals surface area contributed by atoms with Crippen LogP contribution in [0.4, 0.5) is 11.4 Å². The molecule has 2 saturated heterocycles. The number of piperazine rings is 1. The lowest BCUT2D eigenvalue weighted by Gasteiger charge is -2.36. The lowest BCUT2D eigenvalue weighted by Crippen LogP contribution is -2.49. The highest BCUT2D eigenvalue weighted by molar-refractivity contribution is 7.89. The van der Waals surface area contributed by atoms with Crippen LogP contribution in [0.3, 0.4) is 0 Å². The van der Waals surface area contributed by atoms with Crippen LogP contribution in [0.15, 0.2) is 23.1 Å². The molecule has 0 atom stereocenters. The summed E-state index contributed by atoms with van der Waals surface area (Å²) in [6.45, 7) is 2.95. The lowest BCUT2D eigenvalue weighted by molar-refractivity contribution is -0.384. The van der Waals surface area contributed by atoms with E-state index < -0.39 is 14.9 Å². The Morgan fingerprint density at radius 2 is 1.53 bits per heavy atom. The largest absolute Gasteiger partial charge is 0.362 e. The number of benzene rings is 1. The summed E-state index contributed by atoms with van der Waals surface area (Å²) in [6, 6.07) is 4.25. The summed E-state index contributed by atoms with van der Waals surface area (Å²) in [6.07, 6.45) is 10.2. The van der Waals surface area contributed by atoms with E-state index in [2.05, 4.69) is 0 Å². The normalized spacial score (nSPS) is 21.3. The molecule has 1 aromatic rings. The zero-order valence-corrected chi connectivity index (χ0v) is 20.7. The van der Waals surface area contributed by atoms with E-state index in [1.54, 1.807) is 6.07 Å². The summed E-state index contributed by atoms with van der Waals surface area (Å²) in [4.78, 5) is 27.9. The van der Waals surface area contributed by atoms with Crippen molar-refractivity contribution in [2.24, 2.45) is 5.92 Å². The van der Waals surface area contributed by atoms with Crippen molar-refractivity contribution in [2.45, 2.75) is 69.1 Å². The molecule has 4 rings (SSSR count). The fraction of sp³-hybridized carbons (Fsp3) is 0.708. The van der Waals surface area contributed by atoms with E-state index in [4.69, 9.17) is 0 Å². The van der Waals surface area contributed by atoms with E-state index >= 15 is 0 Å². The molecular formula is C24H36N4O5S. The first-order chi connectivity index (χ1) is 16.4. The first-order valence-corrected chi connectivity index (χ1v) is 14.1. The summed E-state index contributed by atoms with van der Waals surface area (Å²) >= 11 is 0. The van der Waals surface area contributed by atoms with E-state index in [0.717, 1.165) is 38.5 Å². The fourth-order valence-corrected chi connectivity index (χ4v) is 7.01. The molecule has 0 bridgehead atoms. The summed E-state index contributed by atoms with van der Waals surface area (Å²) in [7, 11) is -3.77. The maximum atomic E-state index is 13.1. The van der Waals surface area contributed by atoms with Gasteiger partial charge >= 0.3 is 0 Å². The van der Waals surface area contributed by atoms with Crippen LogP contribution in [0.2, 0.25) is 0 Å². The van der Waals surface area contributed by atoms with Crippen LogP contribution in [-0.4, -0.2) is 67.7 Å². The van der Waals surface area contributed by atoms with Gasteiger partial charge in [0.25, 0.3) is 5.69 Å². The van der Waals surface area contributed by atoms with Crippen molar-refractivity contribution < 1.29 is 18.1 Å². The van der Waals surface area contributed by atoms with Gasteiger partial charge in [0.15, 0.2) is 0 Å². The molecular weight excluding hydrogens is 456 g/mol. The van der Waals surface area contributed by atoms with Gasteiger partial charge in [-0.2, -0.15) is 4.31 Å². The van der Waals surface area contributed by atoms with Crippen molar-refractivity contribution >= 4 is 27.3 Å². The van der Waals surface area contributed by atoms with Gasteiger partial charge in [-0.1, -0.05) is 32.1 Å². The molecule has 3 aliphatic rings. The van der Waals surface area contributed by atoms with Gasteiger partial charge < -0.3 is 9.80 Å². The number of rotatable bonds is 6. The number of anilines is 1. The Hall–Kier alpha value is -2.20. The smallest absolute Gasteiger partial charge is 0.293 e. The van der Waals surface area contributed by atoms with E-state index in [0.29, 0.717) is 57.3 Å². The Bertz CT molecular complexity index is 977. The standard InChI is InChI=1S/C24H36N4O5S/c29-24(18-20-8-4-3-5-9-20)26-16-14-25(15-17-26)22-11-10-21(19-23(22)28(30)31)34(32,33)27-12-6-1-2-7-13-27/h10-11,19-20H,1-9,12-18H2. The Morgan fingerprint density at radius 1 is 0.912 bits per heavy atom. The van der Waals surface area contributed by atoms with Gasteiger partial charge in [-0.05, 0) is 43.7 Å². The van der Waals surface area contributed by atoms with Gasteiger partial charge in [-0.15, -0.1) is 0 Å². The van der Waals surface area contributed by atoms with Gasteiger partial charge in [0, 0.05) is 51.8 Å². The molecule has 0 unspecified atom stereocenters. The summed E-state index contributed by atoms with van der Waals surface area (Å²) in [5, 5.41) is 11.9. The molecule has 1 aromatic carbocycles. The second kappa shape index (κ2) is 11.0. The quantitative estimate of drug-likeness (QED) is 0.442. The second-order valence-corrected chi connectivity index (χ2v) is 11.7. The molecule has 0 N–H and O–H groups in total. The predicted octanol–water partition coefficient (Wildman–Crippen LogP) is 3.78. The number of amides is 1. The van der Waals surface area contributed by atoms with Crippen molar-refractivity contribution in [3.05, 3.63) is 28.3 Å². The van der Waals surface area contributed by atoms with E-state index in [1.165, 1.54) is 35.7 Å².